The summed E-state index contributed by atoms with van der Waals surface area (Å²) in [5.74, 6) is -0.256. The van der Waals surface area contributed by atoms with Crippen molar-refractivity contribution < 1.29 is 9.18 Å². The molecule has 1 aliphatic heterocycles. The van der Waals surface area contributed by atoms with Crippen molar-refractivity contribution >= 4 is 17.3 Å². The van der Waals surface area contributed by atoms with E-state index in [1.54, 1.807) is 12.1 Å². The molecule has 1 amide bonds. The van der Waals surface area contributed by atoms with Gasteiger partial charge in [0, 0.05) is 17.4 Å². The zero-order valence-corrected chi connectivity index (χ0v) is 12.7. The van der Waals surface area contributed by atoms with Gasteiger partial charge in [-0.1, -0.05) is 18.2 Å². The van der Waals surface area contributed by atoms with E-state index in [-0.39, 0.29) is 23.8 Å². The van der Waals surface area contributed by atoms with Crippen LogP contribution in [0.4, 0.5) is 15.8 Å². The lowest BCUT2D eigenvalue weighted by Crippen LogP contribution is -2.44. The highest BCUT2D eigenvalue weighted by atomic mass is 19.1. The minimum absolute atomic E-state index is 0.0294. The van der Waals surface area contributed by atoms with Crippen LogP contribution in [0.3, 0.4) is 0 Å². The monoisotopic (exact) mass is 298 g/mol. The molecule has 1 aliphatic rings. The molecule has 0 saturated heterocycles. The number of rotatable bonds is 3. The summed E-state index contributed by atoms with van der Waals surface area (Å²) in [4.78, 5) is 14.6. The van der Waals surface area contributed by atoms with Crippen LogP contribution < -0.4 is 10.2 Å². The van der Waals surface area contributed by atoms with Crippen LogP contribution in [0.5, 0.6) is 0 Å². The van der Waals surface area contributed by atoms with E-state index in [2.05, 4.69) is 18.3 Å². The van der Waals surface area contributed by atoms with E-state index in [0.29, 0.717) is 0 Å². The van der Waals surface area contributed by atoms with Gasteiger partial charge in [0.2, 0.25) is 5.91 Å². The Morgan fingerprint density at radius 3 is 2.64 bits per heavy atom. The summed E-state index contributed by atoms with van der Waals surface area (Å²) in [5, 5.41) is 3.14. The van der Waals surface area contributed by atoms with Crippen LogP contribution in [0.15, 0.2) is 48.5 Å². The van der Waals surface area contributed by atoms with Crippen molar-refractivity contribution in [2.75, 3.05) is 10.2 Å². The number of anilines is 2. The van der Waals surface area contributed by atoms with E-state index < -0.39 is 0 Å². The van der Waals surface area contributed by atoms with Crippen molar-refractivity contribution in [2.24, 2.45) is 0 Å². The number of amides is 1. The fourth-order valence-corrected chi connectivity index (χ4v) is 2.97. The van der Waals surface area contributed by atoms with Crippen molar-refractivity contribution in [1.29, 1.82) is 0 Å². The second-order valence-electron chi connectivity index (χ2n) is 5.76. The molecule has 1 heterocycles. The highest BCUT2D eigenvalue weighted by Gasteiger charge is 2.32. The molecule has 2 atom stereocenters. The predicted molar refractivity (Wildman–Crippen MR) is 86.6 cm³/mol. The first kappa shape index (κ1) is 14.6. The average molecular weight is 298 g/mol. The summed E-state index contributed by atoms with van der Waals surface area (Å²) in [6.07, 6.45) is 0.880. The molecule has 22 heavy (non-hydrogen) atoms. The lowest BCUT2D eigenvalue weighted by molar-refractivity contribution is -0.119. The molecule has 0 bridgehead atoms. The van der Waals surface area contributed by atoms with Gasteiger partial charge in [-0.15, -0.1) is 0 Å². The Morgan fingerprint density at radius 1 is 1.23 bits per heavy atom. The lowest BCUT2D eigenvalue weighted by atomic mass is 10.1. The van der Waals surface area contributed by atoms with Crippen LogP contribution in [0.25, 0.3) is 0 Å². The Bertz CT molecular complexity index is 684. The van der Waals surface area contributed by atoms with Gasteiger partial charge in [-0.25, -0.2) is 4.39 Å². The highest BCUT2D eigenvalue weighted by Crippen LogP contribution is 2.32. The Labute approximate surface area is 129 Å². The Kier molecular flexibility index (Phi) is 3.84. The summed E-state index contributed by atoms with van der Waals surface area (Å²) in [6.45, 7) is 3.89. The molecule has 0 saturated carbocycles. The first-order valence-electron chi connectivity index (χ1n) is 7.49. The Hall–Kier alpha value is -2.36. The number of carbonyl (C=O) groups excluding carboxylic acids is 1. The SMILES string of the molecule is C[C@H](Nc1ccc(F)cc1)C(=O)N1c2ccccc2C[C@H]1C. The van der Waals surface area contributed by atoms with Crippen molar-refractivity contribution in [3.8, 4) is 0 Å². The maximum atomic E-state index is 12.9. The zero-order valence-electron chi connectivity index (χ0n) is 12.7. The molecule has 2 aromatic carbocycles. The number of nitrogens with zero attached hydrogens (tertiary/aromatic N) is 1. The molecule has 2 aromatic rings. The molecule has 0 aliphatic carbocycles. The molecule has 114 valence electrons. The smallest absolute Gasteiger partial charge is 0.249 e. The van der Waals surface area contributed by atoms with Gasteiger partial charge in [0.25, 0.3) is 0 Å². The number of hydrogen-bond donors (Lipinski definition) is 1. The molecule has 0 radical (unpaired) electrons. The number of para-hydroxylation sites is 1. The first-order valence-corrected chi connectivity index (χ1v) is 7.49. The number of benzene rings is 2. The van der Waals surface area contributed by atoms with Gasteiger partial charge in [0.15, 0.2) is 0 Å². The molecule has 0 spiro atoms. The van der Waals surface area contributed by atoms with Crippen LogP contribution >= 0.6 is 0 Å². The van der Waals surface area contributed by atoms with Crippen molar-refractivity contribution in [3.63, 3.8) is 0 Å². The zero-order chi connectivity index (χ0) is 15.7. The summed E-state index contributed by atoms with van der Waals surface area (Å²) in [5.41, 5.74) is 2.94. The molecule has 0 aromatic heterocycles. The van der Waals surface area contributed by atoms with Gasteiger partial charge in [-0.05, 0) is 56.2 Å². The van der Waals surface area contributed by atoms with Gasteiger partial charge in [0.1, 0.15) is 11.9 Å². The minimum Gasteiger partial charge on any atom is -0.374 e. The van der Waals surface area contributed by atoms with Crippen LogP contribution in [-0.4, -0.2) is 18.0 Å². The lowest BCUT2D eigenvalue weighted by Gasteiger charge is -2.27. The maximum absolute atomic E-state index is 12.9. The van der Waals surface area contributed by atoms with E-state index in [1.807, 2.05) is 30.0 Å². The standard InChI is InChI=1S/C18H19FN2O/c1-12-11-14-5-3-4-6-17(14)21(12)18(22)13(2)20-16-9-7-15(19)8-10-16/h3-10,12-13,20H,11H2,1-2H3/t12-,13+/m1/s1. The van der Waals surface area contributed by atoms with Crippen LogP contribution in [0, 0.1) is 5.82 Å². The summed E-state index contributed by atoms with van der Waals surface area (Å²) < 4.78 is 12.9. The Balaban J connectivity index is 1.77. The van der Waals surface area contributed by atoms with Crippen LogP contribution in [0.2, 0.25) is 0 Å². The normalized spacial score (nSPS) is 18.0. The maximum Gasteiger partial charge on any atom is 0.249 e. The third-order valence-electron chi connectivity index (χ3n) is 4.04. The highest BCUT2D eigenvalue weighted by molar-refractivity contribution is 6.00. The quantitative estimate of drug-likeness (QED) is 0.939. The van der Waals surface area contributed by atoms with E-state index in [0.717, 1.165) is 17.8 Å². The number of halogens is 1. The topological polar surface area (TPSA) is 32.3 Å². The fourth-order valence-electron chi connectivity index (χ4n) is 2.97. The predicted octanol–water partition coefficient (Wildman–Crippen LogP) is 3.60. The fraction of sp³-hybridized carbons (Fsp3) is 0.278. The van der Waals surface area contributed by atoms with Gasteiger partial charge in [-0.3, -0.25) is 4.79 Å². The van der Waals surface area contributed by atoms with Crippen molar-refractivity contribution in [1.82, 2.24) is 0 Å². The molecule has 3 nitrogen and oxygen atoms in total. The van der Waals surface area contributed by atoms with Crippen molar-refractivity contribution in [2.45, 2.75) is 32.4 Å². The number of nitrogens with one attached hydrogen (secondary N) is 1. The first-order chi connectivity index (χ1) is 10.6. The van der Waals surface area contributed by atoms with E-state index in [9.17, 15) is 9.18 Å². The van der Waals surface area contributed by atoms with Crippen LogP contribution in [-0.2, 0) is 11.2 Å². The molecular formula is C18H19FN2O. The van der Waals surface area contributed by atoms with Gasteiger partial charge >= 0.3 is 0 Å². The molecule has 0 unspecified atom stereocenters. The average Bonchev–Trinajstić information content (AvgIpc) is 2.84. The van der Waals surface area contributed by atoms with E-state index >= 15 is 0 Å². The number of fused-ring (bicyclic) bond motifs is 1. The van der Waals surface area contributed by atoms with E-state index in [4.69, 9.17) is 0 Å². The second-order valence-corrected chi connectivity index (χ2v) is 5.76. The third kappa shape index (κ3) is 2.69. The molecule has 4 heteroatoms. The number of carbonyl (C=O) groups is 1. The Morgan fingerprint density at radius 2 is 1.91 bits per heavy atom. The second kappa shape index (κ2) is 5.79. The van der Waals surface area contributed by atoms with Gasteiger partial charge in [0.05, 0.1) is 0 Å². The van der Waals surface area contributed by atoms with Crippen molar-refractivity contribution in [3.05, 3.63) is 59.9 Å². The van der Waals surface area contributed by atoms with E-state index in [1.165, 1.54) is 17.7 Å². The molecule has 3 rings (SSSR count). The molecule has 1 N–H and O–H groups in total. The molecule has 0 fully saturated rings. The van der Waals surface area contributed by atoms with Gasteiger partial charge in [-0.2, -0.15) is 0 Å². The number of hydrogen-bond acceptors (Lipinski definition) is 2. The minimum atomic E-state index is -0.376. The molecular weight excluding hydrogens is 279 g/mol. The third-order valence-corrected chi connectivity index (χ3v) is 4.04. The summed E-state index contributed by atoms with van der Waals surface area (Å²) in [7, 11) is 0. The summed E-state index contributed by atoms with van der Waals surface area (Å²) >= 11 is 0. The van der Waals surface area contributed by atoms with Crippen LogP contribution in [0.1, 0.15) is 19.4 Å². The summed E-state index contributed by atoms with van der Waals surface area (Å²) in [6, 6.07) is 13.8. The largest absolute Gasteiger partial charge is 0.374 e. The van der Waals surface area contributed by atoms with Gasteiger partial charge < -0.3 is 10.2 Å².